The summed E-state index contributed by atoms with van der Waals surface area (Å²) in [5.74, 6) is 0. The van der Waals surface area contributed by atoms with E-state index in [0.29, 0.717) is 6.54 Å². The molecule has 130 valence electrons. The molecule has 2 N–H and O–H groups in total. The van der Waals surface area contributed by atoms with Gasteiger partial charge in [-0.15, -0.1) is 6.58 Å². The van der Waals surface area contributed by atoms with E-state index >= 15 is 0 Å². The van der Waals surface area contributed by atoms with E-state index in [2.05, 4.69) is 22.9 Å². The lowest BCUT2D eigenvalue weighted by Crippen LogP contribution is -2.52. The number of nitrogens with zero attached hydrogens (tertiary/aromatic N) is 2. The highest BCUT2D eigenvalue weighted by Gasteiger charge is 2.31. The molecule has 2 aliphatic heterocycles. The van der Waals surface area contributed by atoms with Gasteiger partial charge in [-0.3, -0.25) is 4.90 Å². The Hall–Kier alpha value is -1.85. The number of hydrogen-bond donors (Lipinski definition) is 2. The smallest absolute Gasteiger partial charge is 0.318 e. The fourth-order valence-electron chi connectivity index (χ4n) is 3.79. The summed E-state index contributed by atoms with van der Waals surface area (Å²) in [5, 5.41) is 13.0. The van der Waals surface area contributed by atoms with Gasteiger partial charge < -0.3 is 15.3 Å². The lowest BCUT2D eigenvalue weighted by Gasteiger charge is -2.38. The van der Waals surface area contributed by atoms with Crippen LogP contribution < -0.4 is 5.32 Å². The highest BCUT2D eigenvalue weighted by Crippen LogP contribution is 2.29. The van der Waals surface area contributed by atoms with Crippen LogP contribution in [0.25, 0.3) is 0 Å². The van der Waals surface area contributed by atoms with Gasteiger partial charge in [0.1, 0.15) is 0 Å². The standard InChI is InChI=1S/C19H27N3O2/c1-2-10-21-11-8-16(9-12-21)20-19(24)22-13-7-15-5-3-4-6-17(15)18(22)14-23/h2-6,16,18,23H,1,7-14H2,(H,20,24). The number of piperidine rings is 1. The topological polar surface area (TPSA) is 55.8 Å². The predicted molar refractivity (Wildman–Crippen MR) is 94.9 cm³/mol. The predicted octanol–water partition coefficient (Wildman–Crippen LogP) is 1.94. The van der Waals surface area contributed by atoms with Crippen LogP contribution in [0.4, 0.5) is 4.79 Å². The average Bonchev–Trinajstić information content (AvgIpc) is 2.62. The number of aliphatic hydroxyl groups is 1. The van der Waals surface area contributed by atoms with Crippen molar-refractivity contribution in [3.8, 4) is 0 Å². The van der Waals surface area contributed by atoms with Gasteiger partial charge in [0.15, 0.2) is 0 Å². The lowest BCUT2D eigenvalue weighted by molar-refractivity contribution is 0.120. The summed E-state index contributed by atoms with van der Waals surface area (Å²) in [4.78, 5) is 16.9. The van der Waals surface area contributed by atoms with Crippen LogP contribution >= 0.6 is 0 Å². The maximum Gasteiger partial charge on any atom is 0.318 e. The first kappa shape index (κ1) is 17.0. The van der Waals surface area contributed by atoms with Gasteiger partial charge in [-0.25, -0.2) is 4.79 Å². The van der Waals surface area contributed by atoms with Crippen molar-refractivity contribution in [3.63, 3.8) is 0 Å². The minimum atomic E-state index is -0.240. The number of urea groups is 1. The Labute approximate surface area is 143 Å². The first-order valence-electron chi connectivity index (χ1n) is 8.82. The zero-order valence-corrected chi connectivity index (χ0v) is 14.2. The van der Waals surface area contributed by atoms with E-state index < -0.39 is 0 Å². The van der Waals surface area contributed by atoms with Crippen LogP contribution in [0.5, 0.6) is 0 Å². The first-order valence-corrected chi connectivity index (χ1v) is 8.82. The molecule has 0 radical (unpaired) electrons. The molecule has 2 amide bonds. The van der Waals surface area contributed by atoms with Crippen molar-refractivity contribution in [1.29, 1.82) is 0 Å². The van der Waals surface area contributed by atoms with Gasteiger partial charge in [0, 0.05) is 32.2 Å². The molecule has 3 rings (SSSR count). The molecule has 0 aromatic heterocycles. The van der Waals surface area contributed by atoms with Crippen LogP contribution in [0.2, 0.25) is 0 Å². The summed E-state index contributed by atoms with van der Waals surface area (Å²) in [6.45, 7) is 7.29. The van der Waals surface area contributed by atoms with Crippen LogP contribution in [0, 0.1) is 0 Å². The number of fused-ring (bicyclic) bond motifs is 1. The lowest BCUT2D eigenvalue weighted by atomic mass is 9.93. The normalized spacial score (nSPS) is 22.0. The molecule has 5 heteroatoms. The van der Waals surface area contributed by atoms with Gasteiger partial charge in [0.2, 0.25) is 0 Å². The third-order valence-electron chi connectivity index (χ3n) is 5.15. The molecular weight excluding hydrogens is 302 g/mol. The highest BCUT2D eigenvalue weighted by molar-refractivity contribution is 5.75. The summed E-state index contributed by atoms with van der Waals surface area (Å²) in [7, 11) is 0. The van der Waals surface area contributed by atoms with E-state index in [4.69, 9.17) is 0 Å². The van der Waals surface area contributed by atoms with E-state index in [0.717, 1.165) is 44.5 Å². The van der Waals surface area contributed by atoms with E-state index in [1.54, 1.807) is 4.90 Å². The van der Waals surface area contributed by atoms with Crippen molar-refractivity contribution in [1.82, 2.24) is 15.1 Å². The second-order valence-electron chi connectivity index (χ2n) is 6.65. The molecule has 0 aliphatic carbocycles. The third-order valence-corrected chi connectivity index (χ3v) is 5.15. The number of carbonyl (C=O) groups excluding carboxylic acids is 1. The maximum absolute atomic E-state index is 12.7. The third kappa shape index (κ3) is 3.62. The van der Waals surface area contributed by atoms with Crippen molar-refractivity contribution < 1.29 is 9.90 Å². The molecule has 1 aromatic rings. The van der Waals surface area contributed by atoms with Crippen LogP contribution in [0.15, 0.2) is 36.9 Å². The quantitative estimate of drug-likeness (QED) is 0.830. The second kappa shape index (κ2) is 7.81. The molecule has 1 unspecified atom stereocenters. The van der Waals surface area contributed by atoms with Crippen molar-refractivity contribution in [2.24, 2.45) is 0 Å². The van der Waals surface area contributed by atoms with E-state index in [-0.39, 0.29) is 24.7 Å². The number of hydrogen-bond acceptors (Lipinski definition) is 3. The molecule has 1 saturated heterocycles. The Morgan fingerprint density at radius 3 is 2.75 bits per heavy atom. The monoisotopic (exact) mass is 329 g/mol. The molecule has 1 atom stereocenters. The molecule has 5 nitrogen and oxygen atoms in total. The van der Waals surface area contributed by atoms with Gasteiger partial charge in [-0.2, -0.15) is 0 Å². The summed E-state index contributed by atoms with van der Waals surface area (Å²) in [5.41, 5.74) is 2.31. The van der Waals surface area contributed by atoms with Crippen molar-refractivity contribution in [2.75, 3.05) is 32.8 Å². The molecule has 0 bridgehead atoms. The number of aliphatic hydroxyl groups excluding tert-OH is 1. The van der Waals surface area contributed by atoms with Crippen LogP contribution in [-0.2, 0) is 6.42 Å². The number of likely N-dealkylation sites (tertiary alicyclic amines) is 1. The van der Waals surface area contributed by atoms with Crippen LogP contribution in [0.3, 0.4) is 0 Å². The van der Waals surface area contributed by atoms with E-state index in [9.17, 15) is 9.90 Å². The number of benzene rings is 1. The van der Waals surface area contributed by atoms with Gasteiger partial charge in [0.25, 0.3) is 0 Å². The van der Waals surface area contributed by atoms with Gasteiger partial charge in [-0.1, -0.05) is 30.3 Å². The minimum Gasteiger partial charge on any atom is -0.394 e. The Bertz CT molecular complexity index is 582. The molecule has 0 saturated carbocycles. The molecule has 2 aliphatic rings. The molecule has 2 heterocycles. The number of amides is 2. The Morgan fingerprint density at radius 1 is 1.29 bits per heavy atom. The molecular formula is C19H27N3O2. The molecule has 24 heavy (non-hydrogen) atoms. The first-order chi connectivity index (χ1) is 11.7. The van der Waals surface area contributed by atoms with Gasteiger partial charge in [0.05, 0.1) is 12.6 Å². The number of carbonyl (C=O) groups is 1. The summed E-state index contributed by atoms with van der Waals surface area (Å²) in [6, 6.07) is 8.01. The van der Waals surface area contributed by atoms with Crippen LogP contribution in [0.1, 0.15) is 30.0 Å². The number of nitrogens with one attached hydrogen (secondary N) is 1. The highest BCUT2D eigenvalue weighted by atomic mass is 16.3. The van der Waals surface area contributed by atoms with Crippen molar-refractivity contribution >= 4 is 6.03 Å². The Balaban J connectivity index is 1.60. The fraction of sp³-hybridized carbons (Fsp3) is 0.526. The Kier molecular flexibility index (Phi) is 5.53. The SMILES string of the molecule is C=CCN1CCC(NC(=O)N2CCc3ccccc3C2CO)CC1. The van der Waals surface area contributed by atoms with Crippen molar-refractivity contribution in [2.45, 2.75) is 31.3 Å². The number of rotatable bonds is 4. The molecule has 0 spiro atoms. The fourth-order valence-corrected chi connectivity index (χ4v) is 3.79. The Morgan fingerprint density at radius 2 is 2.04 bits per heavy atom. The zero-order chi connectivity index (χ0) is 16.9. The molecule has 1 aromatic carbocycles. The maximum atomic E-state index is 12.7. The summed E-state index contributed by atoms with van der Waals surface area (Å²) in [6.07, 6.45) is 4.70. The van der Waals surface area contributed by atoms with Gasteiger partial charge in [-0.05, 0) is 30.4 Å². The van der Waals surface area contributed by atoms with Crippen molar-refractivity contribution in [3.05, 3.63) is 48.0 Å². The van der Waals surface area contributed by atoms with E-state index in [1.165, 1.54) is 5.56 Å². The van der Waals surface area contributed by atoms with Crippen LogP contribution in [-0.4, -0.2) is 59.8 Å². The average molecular weight is 329 g/mol. The largest absolute Gasteiger partial charge is 0.394 e. The van der Waals surface area contributed by atoms with E-state index in [1.807, 2.05) is 24.3 Å². The zero-order valence-electron chi connectivity index (χ0n) is 14.2. The summed E-state index contributed by atoms with van der Waals surface area (Å²) >= 11 is 0. The summed E-state index contributed by atoms with van der Waals surface area (Å²) < 4.78 is 0. The van der Waals surface area contributed by atoms with Gasteiger partial charge >= 0.3 is 6.03 Å². The second-order valence-corrected chi connectivity index (χ2v) is 6.65. The minimum absolute atomic E-state index is 0.0395. The molecule has 1 fully saturated rings.